The Morgan fingerprint density at radius 1 is 1.20 bits per heavy atom. The Kier molecular flexibility index (Phi) is 7.17. The highest BCUT2D eigenvalue weighted by Gasteiger charge is 2.15. The van der Waals surface area contributed by atoms with E-state index in [0.29, 0.717) is 24.6 Å². The van der Waals surface area contributed by atoms with Crippen LogP contribution >= 0.6 is 0 Å². The average molecular weight is 280 g/mol. The maximum Gasteiger partial charge on any atom is 0.290 e. The van der Waals surface area contributed by atoms with Gasteiger partial charge in [0, 0.05) is 0 Å². The fourth-order valence-corrected chi connectivity index (χ4v) is 2.34. The van der Waals surface area contributed by atoms with Gasteiger partial charge < -0.3 is 14.9 Å². The van der Waals surface area contributed by atoms with E-state index in [1.165, 1.54) is 38.2 Å². The lowest BCUT2D eigenvalue weighted by molar-refractivity contribution is -0.122. The molecule has 0 bridgehead atoms. The molecule has 1 aliphatic carbocycles. The van der Waals surface area contributed by atoms with Crippen molar-refractivity contribution in [2.75, 3.05) is 6.61 Å². The summed E-state index contributed by atoms with van der Waals surface area (Å²) in [7, 11) is 0. The minimum absolute atomic E-state index is 0.0128. The van der Waals surface area contributed by atoms with Crippen LogP contribution in [0.3, 0.4) is 0 Å². The number of phenols is 1. The van der Waals surface area contributed by atoms with E-state index in [4.69, 9.17) is 14.6 Å². The number of carbonyl (C=O) groups is 2. The Labute approximate surface area is 118 Å². The van der Waals surface area contributed by atoms with Crippen LogP contribution in [0.15, 0.2) is 18.2 Å². The fraction of sp³-hybridized carbons (Fsp3) is 0.467. The van der Waals surface area contributed by atoms with Gasteiger partial charge in [0.05, 0.1) is 12.2 Å². The number of rotatable bonds is 4. The van der Waals surface area contributed by atoms with Crippen LogP contribution in [-0.4, -0.2) is 29.6 Å². The summed E-state index contributed by atoms with van der Waals surface area (Å²) >= 11 is 0. The molecule has 0 saturated heterocycles. The Morgan fingerprint density at radius 3 is 2.45 bits per heavy atom. The number of hydrogen-bond donors (Lipinski definition) is 2. The van der Waals surface area contributed by atoms with Crippen LogP contribution in [0, 0.1) is 5.92 Å². The quantitative estimate of drug-likeness (QED) is 0.828. The lowest BCUT2D eigenvalue weighted by Crippen LogP contribution is -2.15. The predicted octanol–water partition coefficient (Wildman–Crippen LogP) is 2.86. The highest BCUT2D eigenvalue weighted by atomic mass is 16.5. The summed E-state index contributed by atoms with van der Waals surface area (Å²) in [5.41, 5.74) is 0.253. The van der Waals surface area contributed by atoms with Gasteiger partial charge in [-0.1, -0.05) is 25.3 Å². The van der Waals surface area contributed by atoms with Crippen LogP contribution in [0.25, 0.3) is 0 Å². The number of ether oxygens (including phenoxy) is 1. The third-order valence-electron chi connectivity index (χ3n) is 3.36. The van der Waals surface area contributed by atoms with E-state index in [0.717, 1.165) is 0 Å². The topological polar surface area (TPSA) is 83.8 Å². The largest absolute Gasteiger partial charge is 0.507 e. The zero-order valence-electron chi connectivity index (χ0n) is 11.3. The first-order valence-corrected chi connectivity index (χ1v) is 6.70. The highest BCUT2D eigenvalue weighted by molar-refractivity contribution is 5.83. The van der Waals surface area contributed by atoms with Crippen molar-refractivity contribution in [2.45, 2.75) is 32.1 Å². The van der Waals surface area contributed by atoms with Crippen LogP contribution in [0.4, 0.5) is 0 Å². The molecular weight excluding hydrogens is 260 g/mol. The van der Waals surface area contributed by atoms with Gasteiger partial charge in [-0.25, -0.2) is 0 Å². The van der Waals surface area contributed by atoms with Crippen molar-refractivity contribution in [3.8, 4) is 11.5 Å². The van der Waals surface area contributed by atoms with Gasteiger partial charge in [-0.15, -0.1) is 0 Å². The van der Waals surface area contributed by atoms with Crippen molar-refractivity contribution < 1.29 is 24.5 Å². The molecule has 1 fully saturated rings. The SMILES string of the molecule is O=CO.O=Cc1c(O)cccc1OCC1CCCCC1. The van der Waals surface area contributed by atoms with Crippen LogP contribution in [0.5, 0.6) is 11.5 Å². The molecule has 1 aromatic carbocycles. The Hall–Kier alpha value is -2.04. The third kappa shape index (κ3) is 4.91. The lowest BCUT2D eigenvalue weighted by atomic mass is 9.90. The Bertz CT molecular complexity index is 424. The van der Waals surface area contributed by atoms with E-state index >= 15 is 0 Å². The highest BCUT2D eigenvalue weighted by Crippen LogP contribution is 2.28. The van der Waals surface area contributed by atoms with Gasteiger partial charge >= 0.3 is 0 Å². The zero-order valence-corrected chi connectivity index (χ0v) is 11.3. The van der Waals surface area contributed by atoms with Gasteiger partial charge in [0.1, 0.15) is 11.5 Å². The van der Waals surface area contributed by atoms with Crippen molar-refractivity contribution in [3.63, 3.8) is 0 Å². The first-order chi connectivity index (χ1) is 9.72. The normalized spacial score (nSPS) is 14.8. The fourth-order valence-electron chi connectivity index (χ4n) is 2.34. The van der Waals surface area contributed by atoms with Crippen LogP contribution in [-0.2, 0) is 4.79 Å². The Balaban J connectivity index is 0.000000612. The number of aromatic hydroxyl groups is 1. The molecular formula is C15H20O5. The number of carbonyl (C=O) groups excluding carboxylic acids is 1. The summed E-state index contributed by atoms with van der Waals surface area (Å²) in [4.78, 5) is 19.2. The van der Waals surface area contributed by atoms with Crippen molar-refractivity contribution in [2.24, 2.45) is 5.92 Å². The molecule has 0 spiro atoms. The van der Waals surface area contributed by atoms with Gasteiger partial charge in [-0.3, -0.25) is 9.59 Å². The molecule has 1 aromatic rings. The van der Waals surface area contributed by atoms with Crippen molar-refractivity contribution in [3.05, 3.63) is 23.8 Å². The van der Waals surface area contributed by atoms with E-state index in [1.54, 1.807) is 12.1 Å². The summed E-state index contributed by atoms with van der Waals surface area (Å²) < 4.78 is 5.66. The second-order valence-electron chi connectivity index (χ2n) is 4.73. The Morgan fingerprint density at radius 2 is 1.85 bits per heavy atom. The molecule has 110 valence electrons. The number of hydrogen-bond acceptors (Lipinski definition) is 4. The van der Waals surface area contributed by atoms with E-state index in [1.807, 2.05) is 0 Å². The molecule has 0 amide bonds. The molecule has 5 nitrogen and oxygen atoms in total. The van der Waals surface area contributed by atoms with E-state index in [-0.39, 0.29) is 17.8 Å². The van der Waals surface area contributed by atoms with Crippen LogP contribution < -0.4 is 4.74 Å². The maximum atomic E-state index is 10.9. The molecule has 5 heteroatoms. The van der Waals surface area contributed by atoms with E-state index in [9.17, 15) is 9.90 Å². The summed E-state index contributed by atoms with van der Waals surface area (Å²) in [5.74, 6) is 1.07. The minimum Gasteiger partial charge on any atom is -0.507 e. The molecule has 0 unspecified atom stereocenters. The average Bonchev–Trinajstić information content (AvgIpc) is 2.47. The van der Waals surface area contributed by atoms with Gasteiger partial charge in [0.25, 0.3) is 6.47 Å². The molecule has 2 N–H and O–H groups in total. The maximum absolute atomic E-state index is 10.9. The van der Waals surface area contributed by atoms with Gasteiger partial charge in [0.15, 0.2) is 6.29 Å². The summed E-state index contributed by atoms with van der Waals surface area (Å²) in [5, 5.41) is 16.4. The molecule has 1 aliphatic rings. The van der Waals surface area contributed by atoms with Gasteiger partial charge in [-0.2, -0.15) is 0 Å². The third-order valence-corrected chi connectivity index (χ3v) is 3.36. The van der Waals surface area contributed by atoms with Crippen molar-refractivity contribution in [1.29, 1.82) is 0 Å². The molecule has 2 rings (SSSR count). The minimum atomic E-state index is -0.250. The molecule has 1 saturated carbocycles. The summed E-state index contributed by atoms with van der Waals surface area (Å²) in [6.07, 6.45) is 6.92. The van der Waals surface area contributed by atoms with E-state index in [2.05, 4.69) is 0 Å². The first kappa shape index (κ1) is 16.0. The molecule has 20 heavy (non-hydrogen) atoms. The van der Waals surface area contributed by atoms with E-state index < -0.39 is 0 Å². The molecule has 0 radical (unpaired) electrons. The second-order valence-corrected chi connectivity index (χ2v) is 4.73. The number of aldehydes is 1. The van der Waals surface area contributed by atoms with Crippen molar-refractivity contribution in [1.82, 2.24) is 0 Å². The van der Waals surface area contributed by atoms with Gasteiger partial charge in [-0.05, 0) is 30.9 Å². The predicted molar refractivity (Wildman–Crippen MR) is 74.3 cm³/mol. The molecule has 0 atom stereocenters. The number of phenolic OH excluding ortho intramolecular Hbond substituents is 1. The van der Waals surface area contributed by atoms with Crippen LogP contribution in [0.1, 0.15) is 42.5 Å². The standard InChI is InChI=1S/C14H18O3.CH2O2/c15-9-12-13(16)7-4-8-14(12)17-10-11-5-2-1-3-6-11;2-1-3/h4,7-9,11,16H,1-3,5-6,10H2;1H,(H,2,3). The van der Waals surface area contributed by atoms with Crippen molar-refractivity contribution >= 4 is 12.8 Å². The summed E-state index contributed by atoms with van der Waals surface area (Å²) in [6, 6.07) is 4.92. The van der Waals surface area contributed by atoms with Crippen LogP contribution in [0.2, 0.25) is 0 Å². The first-order valence-electron chi connectivity index (χ1n) is 6.70. The monoisotopic (exact) mass is 280 g/mol. The summed E-state index contributed by atoms with van der Waals surface area (Å²) in [6.45, 7) is 0.393. The zero-order chi connectivity index (χ0) is 14.8. The smallest absolute Gasteiger partial charge is 0.290 e. The number of carboxylic acid groups (broad SMARTS) is 1. The number of benzene rings is 1. The molecule has 0 heterocycles. The second kappa shape index (κ2) is 8.96. The molecule has 0 aromatic heterocycles. The lowest BCUT2D eigenvalue weighted by Gasteiger charge is -2.22. The van der Waals surface area contributed by atoms with Gasteiger partial charge in [0.2, 0.25) is 0 Å². The molecule has 0 aliphatic heterocycles.